The third kappa shape index (κ3) is 2.93. The van der Waals surface area contributed by atoms with Gasteiger partial charge in [-0.1, -0.05) is 18.2 Å². The third-order valence-electron chi connectivity index (χ3n) is 4.42. The maximum Gasteiger partial charge on any atom is 0.251 e. The minimum atomic E-state index is -0.122. The number of nitrogens with zero attached hydrogens (tertiary/aromatic N) is 1. The summed E-state index contributed by atoms with van der Waals surface area (Å²) in [5.41, 5.74) is 8.28. The van der Waals surface area contributed by atoms with Crippen molar-refractivity contribution in [3.05, 3.63) is 65.7 Å². The Labute approximate surface area is 150 Å². The van der Waals surface area contributed by atoms with Crippen molar-refractivity contribution in [3.63, 3.8) is 0 Å². The molecule has 6 heteroatoms. The van der Waals surface area contributed by atoms with Crippen LogP contribution in [0.2, 0.25) is 0 Å². The van der Waals surface area contributed by atoms with E-state index in [1.54, 1.807) is 7.11 Å². The van der Waals surface area contributed by atoms with Gasteiger partial charge in [-0.05, 0) is 52.7 Å². The number of ether oxygens (including phenoxy) is 1. The van der Waals surface area contributed by atoms with Gasteiger partial charge in [-0.2, -0.15) is 5.10 Å². The minimum absolute atomic E-state index is 0.122. The average Bonchev–Trinajstić information content (AvgIpc) is 3.05. The van der Waals surface area contributed by atoms with E-state index in [1.807, 2.05) is 54.6 Å². The number of nitrogen functional groups attached to an aromatic ring is 1. The van der Waals surface area contributed by atoms with E-state index in [1.165, 1.54) is 0 Å². The third-order valence-corrected chi connectivity index (χ3v) is 4.42. The first kappa shape index (κ1) is 16.0. The Kier molecular flexibility index (Phi) is 3.93. The molecule has 4 N–H and O–H groups in total. The lowest BCUT2D eigenvalue weighted by molar-refractivity contribution is 0.0951. The van der Waals surface area contributed by atoms with Crippen LogP contribution in [0.15, 0.2) is 54.6 Å². The molecule has 1 heterocycles. The van der Waals surface area contributed by atoms with Crippen LogP contribution in [0, 0.1) is 0 Å². The van der Waals surface area contributed by atoms with E-state index in [0.717, 1.165) is 33.0 Å². The van der Waals surface area contributed by atoms with Gasteiger partial charge in [0, 0.05) is 17.5 Å². The zero-order chi connectivity index (χ0) is 18.1. The van der Waals surface area contributed by atoms with E-state index in [9.17, 15) is 4.79 Å². The molecule has 4 rings (SSSR count). The maximum atomic E-state index is 12.5. The lowest BCUT2D eigenvalue weighted by atomic mass is 10.1. The molecule has 0 fully saturated rings. The van der Waals surface area contributed by atoms with Gasteiger partial charge in [0.1, 0.15) is 5.75 Å². The topological polar surface area (TPSA) is 93.0 Å². The van der Waals surface area contributed by atoms with Crippen LogP contribution in [0.5, 0.6) is 5.75 Å². The van der Waals surface area contributed by atoms with E-state index in [4.69, 9.17) is 10.5 Å². The fraction of sp³-hybridized carbons (Fsp3) is 0.100. The molecular formula is C20H18N4O2. The standard InChI is InChI=1S/C20H18N4O2/c1-26-16-6-5-13-9-15(4-3-14(13)10-16)20(25)22-11-12-2-7-18-17(8-12)19(21)24-23-18/h2-10H,11H2,1H3,(H,22,25)(H3,21,23,24). The molecule has 0 aliphatic heterocycles. The number of methoxy groups -OCH3 is 1. The van der Waals surface area contributed by atoms with E-state index in [-0.39, 0.29) is 5.91 Å². The molecule has 26 heavy (non-hydrogen) atoms. The number of carbonyl (C=O) groups excluding carboxylic acids is 1. The zero-order valence-electron chi connectivity index (χ0n) is 14.2. The highest BCUT2D eigenvalue weighted by Gasteiger charge is 2.08. The van der Waals surface area contributed by atoms with E-state index < -0.39 is 0 Å². The van der Waals surface area contributed by atoms with Crippen molar-refractivity contribution in [2.24, 2.45) is 0 Å². The van der Waals surface area contributed by atoms with Crippen LogP contribution in [0.3, 0.4) is 0 Å². The second-order valence-electron chi connectivity index (χ2n) is 6.10. The molecule has 4 aromatic rings. The van der Waals surface area contributed by atoms with Crippen LogP contribution in [0.25, 0.3) is 21.7 Å². The Morgan fingerprint density at radius 1 is 1.12 bits per heavy atom. The Morgan fingerprint density at radius 2 is 1.92 bits per heavy atom. The number of H-pyrrole nitrogens is 1. The number of fused-ring (bicyclic) bond motifs is 2. The summed E-state index contributed by atoms with van der Waals surface area (Å²) in [5, 5.41) is 12.7. The maximum absolute atomic E-state index is 12.5. The Balaban J connectivity index is 1.51. The van der Waals surface area contributed by atoms with Crippen molar-refractivity contribution in [2.45, 2.75) is 6.54 Å². The molecule has 0 atom stereocenters. The fourth-order valence-electron chi connectivity index (χ4n) is 2.97. The SMILES string of the molecule is COc1ccc2cc(C(=O)NCc3ccc4[nH]nc(N)c4c3)ccc2c1. The number of nitrogens with one attached hydrogen (secondary N) is 2. The Bertz CT molecular complexity index is 1120. The van der Waals surface area contributed by atoms with Gasteiger partial charge < -0.3 is 15.8 Å². The number of amides is 1. The van der Waals surface area contributed by atoms with Crippen LogP contribution < -0.4 is 15.8 Å². The molecule has 0 aliphatic rings. The molecule has 130 valence electrons. The number of benzene rings is 3. The quantitative estimate of drug-likeness (QED) is 0.529. The monoisotopic (exact) mass is 346 g/mol. The van der Waals surface area contributed by atoms with Gasteiger partial charge in [0.25, 0.3) is 5.91 Å². The summed E-state index contributed by atoms with van der Waals surface area (Å²) in [4.78, 5) is 12.5. The Hall–Kier alpha value is -3.54. The van der Waals surface area contributed by atoms with Gasteiger partial charge in [0.15, 0.2) is 5.82 Å². The molecule has 0 saturated carbocycles. The summed E-state index contributed by atoms with van der Waals surface area (Å²) in [6, 6.07) is 17.2. The highest BCUT2D eigenvalue weighted by atomic mass is 16.5. The average molecular weight is 346 g/mol. The molecule has 0 aliphatic carbocycles. The second-order valence-corrected chi connectivity index (χ2v) is 6.10. The molecule has 1 aromatic heterocycles. The summed E-state index contributed by atoms with van der Waals surface area (Å²) in [7, 11) is 1.64. The summed E-state index contributed by atoms with van der Waals surface area (Å²) < 4.78 is 5.23. The number of carbonyl (C=O) groups is 1. The van der Waals surface area contributed by atoms with Crippen molar-refractivity contribution < 1.29 is 9.53 Å². The summed E-state index contributed by atoms with van der Waals surface area (Å²) >= 11 is 0. The van der Waals surface area contributed by atoms with E-state index >= 15 is 0 Å². The first-order valence-corrected chi connectivity index (χ1v) is 8.22. The summed E-state index contributed by atoms with van der Waals surface area (Å²) in [6.07, 6.45) is 0. The molecule has 0 spiro atoms. The smallest absolute Gasteiger partial charge is 0.251 e. The van der Waals surface area contributed by atoms with Gasteiger partial charge >= 0.3 is 0 Å². The lowest BCUT2D eigenvalue weighted by Gasteiger charge is -2.08. The molecule has 0 radical (unpaired) electrons. The predicted molar refractivity (Wildman–Crippen MR) is 102 cm³/mol. The summed E-state index contributed by atoms with van der Waals surface area (Å²) in [6.45, 7) is 0.417. The van der Waals surface area contributed by atoms with Crippen molar-refractivity contribution in [1.82, 2.24) is 15.5 Å². The molecular weight excluding hydrogens is 328 g/mol. The fourth-order valence-corrected chi connectivity index (χ4v) is 2.97. The van der Waals surface area contributed by atoms with Gasteiger partial charge in [0.2, 0.25) is 0 Å². The van der Waals surface area contributed by atoms with Crippen LogP contribution in [-0.2, 0) is 6.54 Å². The molecule has 0 bridgehead atoms. The number of rotatable bonds is 4. The van der Waals surface area contributed by atoms with E-state index in [0.29, 0.717) is 17.9 Å². The normalized spacial score (nSPS) is 11.0. The minimum Gasteiger partial charge on any atom is -0.497 e. The van der Waals surface area contributed by atoms with Crippen LogP contribution in [-0.4, -0.2) is 23.2 Å². The van der Waals surface area contributed by atoms with Gasteiger partial charge in [-0.15, -0.1) is 0 Å². The number of anilines is 1. The number of hydrogen-bond donors (Lipinski definition) is 3. The summed E-state index contributed by atoms with van der Waals surface area (Å²) in [5.74, 6) is 1.13. The number of nitrogens with two attached hydrogens (primary N) is 1. The van der Waals surface area contributed by atoms with Gasteiger partial charge in [0.05, 0.1) is 12.6 Å². The first-order chi connectivity index (χ1) is 12.6. The largest absolute Gasteiger partial charge is 0.497 e. The Morgan fingerprint density at radius 3 is 2.77 bits per heavy atom. The van der Waals surface area contributed by atoms with Crippen molar-refractivity contribution >= 4 is 33.4 Å². The van der Waals surface area contributed by atoms with Crippen molar-refractivity contribution in [3.8, 4) is 5.75 Å². The second kappa shape index (κ2) is 6.40. The van der Waals surface area contributed by atoms with Crippen molar-refractivity contribution in [2.75, 3.05) is 12.8 Å². The molecule has 0 saturated heterocycles. The molecule has 0 unspecified atom stereocenters. The van der Waals surface area contributed by atoms with Crippen LogP contribution in [0.4, 0.5) is 5.82 Å². The highest BCUT2D eigenvalue weighted by molar-refractivity contribution is 5.99. The molecule has 3 aromatic carbocycles. The number of hydrogen-bond acceptors (Lipinski definition) is 4. The van der Waals surface area contributed by atoms with Crippen molar-refractivity contribution in [1.29, 1.82) is 0 Å². The van der Waals surface area contributed by atoms with Crippen LogP contribution >= 0.6 is 0 Å². The highest BCUT2D eigenvalue weighted by Crippen LogP contribution is 2.22. The number of aromatic nitrogens is 2. The van der Waals surface area contributed by atoms with E-state index in [2.05, 4.69) is 15.5 Å². The number of aromatic amines is 1. The first-order valence-electron chi connectivity index (χ1n) is 8.22. The van der Waals surface area contributed by atoms with Crippen LogP contribution in [0.1, 0.15) is 15.9 Å². The van der Waals surface area contributed by atoms with Gasteiger partial charge in [-0.25, -0.2) is 0 Å². The van der Waals surface area contributed by atoms with Gasteiger partial charge in [-0.3, -0.25) is 9.89 Å². The zero-order valence-corrected chi connectivity index (χ0v) is 14.2. The predicted octanol–water partition coefficient (Wildman–Crippen LogP) is 3.24. The lowest BCUT2D eigenvalue weighted by Crippen LogP contribution is -2.22. The molecule has 6 nitrogen and oxygen atoms in total. The molecule has 1 amide bonds.